The Morgan fingerprint density at radius 2 is 1.59 bits per heavy atom. The molecule has 1 fully saturated rings. The lowest BCUT2D eigenvalue weighted by atomic mass is 9.95. The molecular weight excluding hydrogens is 519 g/mol. The van der Waals surface area contributed by atoms with Crippen LogP contribution in [0.15, 0.2) is 65.7 Å². The monoisotopic (exact) mass is 549 g/mol. The van der Waals surface area contributed by atoms with Gasteiger partial charge in [-0.3, -0.25) is 4.79 Å². The van der Waals surface area contributed by atoms with Crippen molar-refractivity contribution in [2.45, 2.75) is 70.8 Å². The number of carbonyl (C=O) groups is 3. The number of aliphatic imine (C=N–C) groups is 1. The van der Waals surface area contributed by atoms with Gasteiger partial charge in [0, 0.05) is 12.3 Å². The zero-order valence-corrected chi connectivity index (χ0v) is 21.7. The molecule has 2 unspecified atom stereocenters. The number of Topliss-reactive ketones (excluding diaryl/α,β-unsaturated/α-hetero) is 1. The van der Waals surface area contributed by atoms with E-state index in [1.165, 1.54) is 43.3 Å². The predicted molar refractivity (Wildman–Crippen MR) is 134 cm³/mol. The van der Waals surface area contributed by atoms with E-state index in [-0.39, 0.29) is 36.3 Å². The highest BCUT2D eigenvalue weighted by atomic mass is 19.4. The Morgan fingerprint density at radius 1 is 0.974 bits per heavy atom. The Bertz CT molecular complexity index is 1150. The van der Waals surface area contributed by atoms with Crippen LogP contribution in [0.4, 0.5) is 18.9 Å². The molecule has 8 nitrogen and oxygen atoms in total. The second kappa shape index (κ2) is 13.4. The lowest BCUT2D eigenvalue weighted by Crippen LogP contribution is -2.38. The molecule has 0 radical (unpaired) electrons. The summed E-state index contributed by atoms with van der Waals surface area (Å²) in [6, 6.07) is 15.3. The summed E-state index contributed by atoms with van der Waals surface area (Å²) in [5, 5.41) is 0. The van der Waals surface area contributed by atoms with Crippen molar-refractivity contribution < 1.29 is 46.5 Å². The maximum Gasteiger partial charge on any atom is 0.468 e. The second-order valence-corrected chi connectivity index (χ2v) is 9.07. The zero-order valence-electron chi connectivity index (χ0n) is 21.7. The van der Waals surface area contributed by atoms with Crippen molar-refractivity contribution >= 4 is 29.3 Å². The minimum Gasteiger partial charge on any atom is -0.460 e. The summed E-state index contributed by atoms with van der Waals surface area (Å²) >= 11 is 0. The average molecular weight is 550 g/mol. The normalized spacial score (nSPS) is 22.2. The molecule has 2 aromatic rings. The predicted octanol–water partition coefficient (Wildman–Crippen LogP) is 5.57. The number of hydrogen-bond donors (Lipinski definition) is 0. The summed E-state index contributed by atoms with van der Waals surface area (Å²) in [6.07, 6.45) is -9.77. The van der Waals surface area contributed by atoms with E-state index in [0.29, 0.717) is 0 Å². The molecule has 3 rings (SSSR count). The van der Waals surface area contributed by atoms with Crippen LogP contribution in [0, 0.1) is 5.92 Å². The Morgan fingerprint density at radius 3 is 2.15 bits per heavy atom. The first-order valence-electron chi connectivity index (χ1n) is 12.5. The van der Waals surface area contributed by atoms with Gasteiger partial charge >= 0.3 is 18.1 Å². The first kappa shape index (κ1) is 29.8. The van der Waals surface area contributed by atoms with Gasteiger partial charge in [-0.05, 0) is 37.6 Å². The molecule has 0 bridgehead atoms. The number of halogens is 3. The van der Waals surface area contributed by atoms with Crippen molar-refractivity contribution in [2.24, 2.45) is 10.9 Å². The van der Waals surface area contributed by atoms with Crippen LogP contribution >= 0.6 is 0 Å². The zero-order chi connectivity index (χ0) is 28.6. The van der Waals surface area contributed by atoms with E-state index >= 15 is 0 Å². The first-order valence-corrected chi connectivity index (χ1v) is 12.5. The van der Waals surface area contributed by atoms with Crippen LogP contribution in [0.2, 0.25) is 0 Å². The number of hydrogen-bond acceptors (Lipinski definition) is 8. The highest BCUT2D eigenvalue weighted by molar-refractivity contribution is 5.89. The van der Waals surface area contributed by atoms with Crippen molar-refractivity contribution in [3.05, 3.63) is 66.2 Å². The van der Waals surface area contributed by atoms with E-state index in [1.54, 1.807) is 38.1 Å². The molecule has 0 spiro atoms. The SMILES string of the molecule is CC[C@@H](OC(=O)CCC(C)=O)[C@@H]1OC(OC(=Nc2ccccc2)C(F)(F)F)C(OC(=O)c2ccccc2)[C@@H]1C. The number of para-hydroxylation sites is 1. The quantitative estimate of drug-likeness (QED) is 0.217. The molecule has 2 aromatic carbocycles. The molecule has 1 saturated heterocycles. The molecule has 0 aromatic heterocycles. The number of alkyl halides is 3. The van der Waals surface area contributed by atoms with Crippen LogP contribution in [0.25, 0.3) is 0 Å². The summed E-state index contributed by atoms with van der Waals surface area (Å²) in [5.74, 6) is -3.95. The average Bonchev–Trinajstić information content (AvgIpc) is 3.20. The van der Waals surface area contributed by atoms with Gasteiger partial charge in [0.1, 0.15) is 18.0 Å². The van der Waals surface area contributed by atoms with Gasteiger partial charge in [-0.1, -0.05) is 50.2 Å². The van der Waals surface area contributed by atoms with Gasteiger partial charge in [0.2, 0.25) is 6.29 Å². The topological polar surface area (TPSA) is 100 Å². The van der Waals surface area contributed by atoms with Crippen LogP contribution in [0.3, 0.4) is 0 Å². The second-order valence-electron chi connectivity index (χ2n) is 9.07. The molecular formula is C28H30F3NO7. The van der Waals surface area contributed by atoms with Crippen LogP contribution in [0.1, 0.15) is 50.4 Å². The highest BCUT2D eigenvalue weighted by Crippen LogP contribution is 2.36. The molecule has 210 valence electrons. The fourth-order valence-corrected chi connectivity index (χ4v) is 4.02. The summed E-state index contributed by atoms with van der Waals surface area (Å²) in [4.78, 5) is 40.0. The smallest absolute Gasteiger partial charge is 0.460 e. The Hall–Kier alpha value is -3.73. The highest BCUT2D eigenvalue weighted by Gasteiger charge is 2.52. The molecule has 1 aliphatic heterocycles. The van der Waals surface area contributed by atoms with Crippen LogP contribution in [0.5, 0.6) is 0 Å². The minimum atomic E-state index is -4.99. The van der Waals surface area contributed by atoms with Crippen LogP contribution in [-0.4, -0.2) is 54.4 Å². The Kier molecular flexibility index (Phi) is 10.2. The van der Waals surface area contributed by atoms with Crippen molar-refractivity contribution in [2.75, 3.05) is 0 Å². The number of carbonyl (C=O) groups excluding carboxylic acids is 3. The fourth-order valence-electron chi connectivity index (χ4n) is 4.02. The molecule has 5 atom stereocenters. The van der Waals surface area contributed by atoms with E-state index in [1.807, 2.05) is 0 Å². The van der Waals surface area contributed by atoms with Gasteiger partial charge in [0.05, 0.1) is 17.7 Å². The Labute approximate surface area is 224 Å². The lowest BCUT2D eigenvalue weighted by Gasteiger charge is -2.25. The largest absolute Gasteiger partial charge is 0.468 e. The van der Waals surface area contributed by atoms with E-state index in [0.717, 1.165) is 0 Å². The third-order valence-electron chi connectivity index (χ3n) is 6.04. The van der Waals surface area contributed by atoms with Gasteiger partial charge < -0.3 is 23.7 Å². The molecule has 0 N–H and O–H groups in total. The van der Waals surface area contributed by atoms with Crippen molar-refractivity contribution in [1.29, 1.82) is 0 Å². The summed E-state index contributed by atoms with van der Waals surface area (Å²) in [7, 11) is 0. The fraction of sp³-hybridized carbons (Fsp3) is 0.429. The first-order chi connectivity index (χ1) is 18.5. The summed E-state index contributed by atoms with van der Waals surface area (Å²) in [5.41, 5.74) is 0.180. The third kappa shape index (κ3) is 8.38. The van der Waals surface area contributed by atoms with E-state index in [2.05, 4.69) is 4.99 Å². The maximum absolute atomic E-state index is 13.9. The standard InChI is InChI=1S/C28H30F3NO7/c1-4-21(36-22(34)16-15-17(2)33)23-18(3)24(37-25(35)19-11-7-5-8-12-19)26(38-23)39-27(28(29,30)31)32-20-13-9-6-10-14-20/h5-14,18,21,23-24,26H,4,15-16H2,1-3H3/t18-,21-,23-,24?,26?/m1/s1. The van der Waals surface area contributed by atoms with Crippen molar-refractivity contribution in [3.63, 3.8) is 0 Å². The van der Waals surface area contributed by atoms with E-state index < -0.39 is 54.5 Å². The number of ether oxygens (including phenoxy) is 4. The molecule has 39 heavy (non-hydrogen) atoms. The summed E-state index contributed by atoms with van der Waals surface area (Å²) < 4.78 is 64.0. The lowest BCUT2D eigenvalue weighted by molar-refractivity contribution is -0.176. The number of nitrogens with zero attached hydrogens (tertiary/aromatic N) is 1. The molecule has 1 heterocycles. The molecule has 11 heteroatoms. The minimum absolute atomic E-state index is 0.00362. The van der Waals surface area contributed by atoms with Crippen LogP contribution in [-0.2, 0) is 28.5 Å². The molecule has 0 amide bonds. The Balaban J connectivity index is 1.89. The number of rotatable bonds is 10. The maximum atomic E-state index is 13.9. The number of esters is 2. The third-order valence-corrected chi connectivity index (χ3v) is 6.04. The summed E-state index contributed by atoms with van der Waals surface area (Å²) in [6.45, 7) is 4.65. The van der Waals surface area contributed by atoms with E-state index in [4.69, 9.17) is 18.9 Å². The van der Waals surface area contributed by atoms with Gasteiger partial charge in [0.15, 0.2) is 6.10 Å². The molecule has 0 aliphatic carbocycles. The number of benzene rings is 2. The van der Waals surface area contributed by atoms with Crippen molar-refractivity contribution in [3.8, 4) is 0 Å². The van der Waals surface area contributed by atoms with Crippen LogP contribution < -0.4 is 0 Å². The van der Waals surface area contributed by atoms with Gasteiger partial charge in [-0.2, -0.15) is 13.2 Å². The molecule has 0 saturated carbocycles. The van der Waals surface area contributed by atoms with E-state index in [9.17, 15) is 27.6 Å². The molecule has 1 aliphatic rings. The van der Waals surface area contributed by atoms with Gasteiger partial charge in [-0.25, -0.2) is 9.79 Å². The van der Waals surface area contributed by atoms with Gasteiger partial charge in [-0.15, -0.1) is 0 Å². The van der Waals surface area contributed by atoms with Crippen molar-refractivity contribution in [1.82, 2.24) is 0 Å². The van der Waals surface area contributed by atoms with Gasteiger partial charge in [0.25, 0.3) is 5.90 Å². The number of ketones is 1.